The number of rotatable bonds is 6. The van der Waals surface area contributed by atoms with Crippen molar-refractivity contribution >= 4 is 29.2 Å². The highest BCUT2D eigenvalue weighted by atomic mass is 35.5. The molecule has 2 N–H and O–H groups in total. The van der Waals surface area contributed by atoms with Gasteiger partial charge in [0.05, 0.1) is 11.6 Å². The summed E-state index contributed by atoms with van der Waals surface area (Å²) in [6, 6.07) is 8.47. The molecule has 2 rings (SSSR count). The fourth-order valence-electron chi connectivity index (χ4n) is 2.45. The van der Waals surface area contributed by atoms with Gasteiger partial charge in [0, 0.05) is 11.3 Å². The number of carbonyl (C=O) groups excluding carboxylic acids is 2. The summed E-state index contributed by atoms with van der Waals surface area (Å²) in [6.45, 7) is 2.57. The lowest BCUT2D eigenvalue weighted by molar-refractivity contribution is -0.204. The van der Waals surface area contributed by atoms with Crippen molar-refractivity contribution in [3.8, 4) is 0 Å². The summed E-state index contributed by atoms with van der Waals surface area (Å²) in [5, 5.41) is 3.22. The van der Waals surface area contributed by atoms with E-state index in [-0.39, 0.29) is 17.2 Å². The zero-order chi connectivity index (χ0) is 21.8. The van der Waals surface area contributed by atoms with Crippen molar-refractivity contribution in [3.05, 3.63) is 64.4 Å². The number of amides is 1. The molecule has 29 heavy (non-hydrogen) atoms. The van der Waals surface area contributed by atoms with Crippen LogP contribution in [0.1, 0.15) is 22.8 Å². The van der Waals surface area contributed by atoms with Gasteiger partial charge in [-0.1, -0.05) is 29.3 Å². The lowest BCUT2D eigenvalue weighted by Crippen LogP contribution is -2.69. The molecule has 0 radical (unpaired) electrons. The second-order valence-corrected chi connectivity index (χ2v) is 6.45. The van der Waals surface area contributed by atoms with E-state index in [9.17, 15) is 27.2 Å². The van der Waals surface area contributed by atoms with Gasteiger partial charge >= 0.3 is 17.8 Å². The van der Waals surface area contributed by atoms with Crippen LogP contribution >= 0.6 is 11.6 Å². The number of esters is 1. The van der Waals surface area contributed by atoms with E-state index in [2.05, 4.69) is 4.74 Å². The third kappa shape index (κ3) is 4.97. The summed E-state index contributed by atoms with van der Waals surface area (Å²) in [5.74, 6) is -3.99. The van der Waals surface area contributed by atoms with Crippen LogP contribution in [-0.4, -0.2) is 30.3 Å². The third-order valence-electron chi connectivity index (χ3n) is 3.84. The van der Waals surface area contributed by atoms with Crippen molar-refractivity contribution in [1.29, 1.82) is 0 Å². The summed E-state index contributed by atoms with van der Waals surface area (Å²) in [5.41, 5.74) is -3.59. The van der Waals surface area contributed by atoms with Gasteiger partial charge in [0.1, 0.15) is 5.82 Å². The maximum Gasteiger partial charge on any atom is 0.441 e. The summed E-state index contributed by atoms with van der Waals surface area (Å²) in [4.78, 5) is 24.9. The van der Waals surface area contributed by atoms with Crippen molar-refractivity contribution < 1.29 is 31.9 Å². The van der Waals surface area contributed by atoms with E-state index in [0.717, 1.165) is 12.1 Å². The lowest BCUT2D eigenvalue weighted by Gasteiger charge is -2.35. The van der Waals surface area contributed by atoms with E-state index in [1.165, 1.54) is 25.1 Å². The van der Waals surface area contributed by atoms with Crippen molar-refractivity contribution in [2.45, 2.75) is 25.7 Å². The Kier molecular flexibility index (Phi) is 6.73. The first-order chi connectivity index (χ1) is 13.5. The maximum absolute atomic E-state index is 14.1. The van der Waals surface area contributed by atoms with E-state index in [1.807, 2.05) is 5.32 Å². The number of hydrogen-bond donors (Lipinski definition) is 2. The van der Waals surface area contributed by atoms with Gasteiger partial charge in [-0.25, -0.2) is 9.18 Å². The van der Waals surface area contributed by atoms with E-state index in [1.54, 1.807) is 18.3 Å². The minimum atomic E-state index is -5.34. The highest BCUT2D eigenvalue weighted by Crippen LogP contribution is 2.34. The topological polar surface area (TPSA) is 67.4 Å². The Bertz CT molecular complexity index is 921. The molecule has 1 amide bonds. The number of nitrogens with one attached hydrogen (secondary N) is 2. The van der Waals surface area contributed by atoms with Crippen molar-refractivity contribution in [2.24, 2.45) is 0 Å². The molecule has 0 aliphatic heterocycles. The molecule has 1 atom stereocenters. The Morgan fingerprint density at radius 2 is 1.83 bits per heavy atom. The molecule has 0 aromatic heterocycles. The second kappa shape index (κ2) is 8.69. The average Bonchev–Trinajstić information content (AvgIpc) is 2.63. The van der Waals surface area contributed by atoms with Crippen LogP contribution in [0.15, 0.2) is 42.5 Å². The minimum Gasteiger partial charge on any atom is -0.463 e. The standard InChI is InChI=1S/C19H17ClF4N2O3/c1-3-29-17(28)18(19(22,23)24,25-13-7-8-14(20)15(21)10-13)26-16(27)12-6-4-5-11(2)9-12/h4-10,25H,3H2,1-2H3,(H,26,27). The molecule has 0 fully saturated rings. The van der Waals surface area contributed by atoms with E-state index in [4.69, 9.17) is 11.6 Å². The summed E-state index contributed by atoms with van der Waals surface area (Å²) in [7, 11) is 0. The Balaban J connectivity index is 2.54. The fraction of sp³-hybridized carbons (Fsp3) is 0.263. The Morgan fingerprint density at radius 3 is 2.38 bits per heavy atom. The van der Waals surface area contributed by atoms with Crippen LogP contribution in [0.25, 0.3) is 0 Å². The number of carbonyl (C=O) groups is 2. The number of halogens is 5. The molecule has 0 aliphatic rings. The molecule has 10 heteroatoms. The van der Waals surface area contributed by atoms with Crippen LogP contribution in [0.4, 0.5) is 23.2 Å². The molecule has 5 nitrogen and oxygen atoms in total. The number of hydrogen-bond acceptors (Lipinski definition) is 4. The molecule has 0 aliphatic carbocycles. The third-order valence-corrected chi connectivity index (χ3v) is 4.15. The van der Waals surface area contributed by atoms with Crippen LogP contribution in [-0.2, 0) is 9.53 Å². The molecule has 0 saturated heterocycles. The Labute approximate surface area is 169 Å². The number of anilines is 1. The normalized spacial score (nSPS) is 13.3. The number of aryl methyl sites for hydroxylation is 1. The van der Waals surface area contributed by atoms with Crippen LogP contribution < -0.4 is 10.6 Å². The molecule has 2 aromatic rings. The van der Waals surface area contributed by atoms with E-state index >= 15 is 0 Å². The van der Waals surface area contributed by atoms with Crippen molar-refractivity contribution in [3.63, 3.8) is 0 Å². The van der Waals surface area contributed by atoms with Crippen molar-refractivity contribution in [2.75, 3.05) is 11.9 Å². The SMILES string of the molecule is CCOC(=O)C(NC(=O)c1cccc(C)c1)(Nc1ccc(Cl)c(F)c1)C(F)(F)F. The minimum absolute atomic E-state index is 0.105. The van der Waals surface area contributed by atoms with Crippen LogP contribution in [0.2, 0.25) is 5.02 Å². The van der Waals surface area contributed by atoms with Crippen LogP contribution in [0.5, 0.6) is 0 Å². The van der Waals surface area contributed by atoms with Gasteiger partial charge in [-0.3, -0.25) is 4.79 Å². The van der Waals surface area contributed by atoms with E-state index < -0.39 is 35.2 Å². The fourth-order valence-corrected chi connectivity index (χ4v) is 2.57. The number of benzene rings is 2. The number of alkyl halides is 3. The van der Waals surface area contributed by atoms with E-state index in [0.29, 0.717) is 11.6 Å². The first-order valence-corrected chi connectivity index (χ1v) is 8.74. The quantitative estimate of drug-likeness (QED) is 0.402. The van der Waals surface area contributed by atoms with Crippen LogP contribution in [0, 0.1) is 12.7 Å². The predicted octanol–water partition coefficient (Wildman–Crippen LogP) is 4.45. The summed E-state index contributed by atoms with van der Waals surface area (Å²) >= 11 is 5.55. The Morgan fingerprint density at radius 1 is 1.14 bits per heavy atom. The second-order valence-electron chi connectivity index (χ2n) is 6.05. The summed E-state index contributed by atoms with van der Waals surface area (Å²) < 4.78 is 60.5. The first-order valence-electron chi connectivity index (χ1n) is 8.36. The molecular formula is C19H17ClF4N2O3. The maximum atomic E-state index is 14.1. The van der Waals surface area contributed by atoms with Crippen LogP contribution in [0.3, 0.4) is 0 Å². The highest BCUT2D eigenvalue weighted by Gasteiger charge is 2.63. The van der Waals surface area contributed by atoms with Gasteiger partial charge in [-0.2, -0.15) is 13.2 Å². The molecule has 0 saturated carbocycles. The largest absolute Gasteiger partial charge is 0.463 e. The van der Waals surface area contributed by atoms with Crippen molar-refractivity contribution in [1.82, 2.24) is 5.32 Å². The van der Waals surface area contributed by atoms with Gasteiger partial charge < -0.3 is 15.4 Å². The summed E-state index contributed by atoms with van der Waals surface area (Å²) in [6.07, 6.45) is -5.34. The molecule has 0 spiro atoms. The predicted molar refractivity (Wildman–Crippen MR) is 99.1 cm³/mol. The first kappa shape index (κ1) is 22.5. The van der Waals surface area contributed by atoms with Gasteiger partial charge in [0.15, 0.2) is 0 Å². The molecule has 0 heterocycles. The molecule has 2 aromatic carbocycles. The van der Waals surface area contributed by atoms with Gasteiger partial charge in [-0.05, 0) is 44.2 Å². The average molecular weight is 433 g/mol. The molecule has 0 bridgehead atoms. The zero-order valence-electron chi connectivity index (χ0n) is 15.4. The van der Waals surface area contributed by atoms with Gasteiger partial charge in [-0.15, -0.1) is 0 Å². The molecule has 1 unspecified atom stereocenters. The molecular weight excluding hydrogens is 416 g/mol. The zero-order valence-corrected chi connectivity index (χ0v) is 16.1. The number of ether oxygens (including phenoxy) is 1. The Hall–Kier alpha value is -2.81. The lowest BCUT2D eigenvalue weighted by atomic mass is 10.1. The van der Waals surface area contributed by atoms with Gasteiger partial charge in [0.25, 0.3) is 5.91 Å². The monoisotopic (exact) mass is 432 g/mol. The highest BCUT2D eigenvalue weighted by molar-refractivity contribution is 6.30. The van der Waals surface area contributed by atoms with Gasteiger partial charge in [0.2, 0.25) is 0 Å². The smallest absolute Gasteiger partial charge is 0.441 e. The molecule has 156 valence electrons.